The van der Waals surface area contributed by atoms with Crippen molar-refractivity contribution < 1.29 is 73.4 Å². The van der Waals surface area contributed by atoms with Crippen LogP contribution in [0.15, 0.2) is 83.1 Å². The number of fused-ring (bicyclic) bond motifs is 6. The monoisotopic (exact) mass is 846 g/mol. The third-order valence-corrected chi connectivity index (χ3v) is 11.0. The highest BCUT2D eigenvalue weighted by Gasteiger charge is 2.52. The van der Waals surface area contributed by atoms with Gasteiger partial charge in [0.05, 0.1) is 24.4 Å². The van der Waals surface area contributed by atoms with Gasteiger partial charge in [-0.15, -0.1) is 0 Å². The molecule has 0 unspecified atom stereocenters. The summed E-state index contributed by atoms with van der Waals surface area (Å²) in [5.74, 6) is -1.86. The summed E-state index contributed by atoms with van der Waals surface area (Å²) in [7, 11) is 0. The molecule has 19 heteroatoms. The predicted molar refractivity (Wildman–Crippen MR) is 211 cm³/mol. The van der Waals surface area contributed by atoms with E-state index < -0.39 is 86.3 Å². The number of carbonyl (C=O) groups is 2. The maximum absolute atomic E-state index is 12.3. The molecule has 3 aromatic carbocycles. The van der Waals surface area contributed by atoms with Crippen molar-refractivity contribution in [1.29, 1.82) is 0 Å². The highest BCUT2D eigenvalue weighted by atomic mass is 16.7. The highest BCUT2D eigenvalue weighted by molar-refractivity contribution is 5.90. The first-order valence-electron chi connectivity index (χ1n) is 19.6. The van der Waals surface area contributed by atoms with Gasteiger partial charge < -0.3 is 80.2 Å². The van der Waals surface area contributed by atoms with E-state index in [4.69, 9.17) is 49.7 Å². The summed E-state index contributed by atoms with van der Waals surface area (Å²) < 4.78 is 42.6. The second-order valence-corrected chi connectivity index (χ2v) is 15.1. The third kappa shape index (κ3) is 8.46. The van der Waals surface area contributed by atoms with Crippen LogP contribution in [0.1, 0.15) is 40.7 Å². The Morgan fingerprint density at radius 2 is 1.79 bits per heavy atom. The summed E-state index contributed by atoms with van der Waals surface area (Å²) >= 11 is 0. The molecule has 5 heterocycles. The van der Waals surface area contributed by atoms with E-state index in [1.54, 1.807) is 24.4 Å². The molecule has 0 bridgehead atoms. The van der Waals surface area contributed by atoms with Gasteiger partial charge in [-0.2, -0.15) is 0 Å². The Morgan fingerprint density at radius 3 is 2.51 bits per heavy atom. The number of carboxylic acid groups (broad SMARTS) is 1. The summed E-state index contributed by atoms with van der Waals surface area (Å²) in [6, 6.07) is 16.5. The lowest BCUT2D eigenvalue weighted by molar-refractivity contribution is -0.291. The molecule has 324 valence electrons. The van der Waals surface area contributed by atoms with Gasteiger partial charge in [-0.1, -0.05) is 36.4 Å². The van der Waals surface area contributed by atoms with E-state index in [1.807, 2.05) is 53.6 Å². The van der Waals surface area contributed by atoms with Crippen LogP contribution in [0.5, 0.6) is 28.7 Å². The topological polar surface area (TPSA) is 288 Å². The minimum atomic E-state index is -1.91. The summed E-state index contributed by atoms with van der Waals surface area (Å²) in [6.45, 7) is -0.160. The normalized spacial score (nSPS) is 26.2. The first kappa shape index (κ1) is 41.9. The molecule has 5 aliphatic heterocycles. The lowest BCUT2D eigenvalue weighted by Gasteiger charge is -2.43. The number of esters is 1. The van der Waals surface area contributed by atoms with Crippen molar-refractivity contribution in [2.24, 2.45) is 16.5 Å². The molecular formula is C42H46N4O15. The van der Waals surface area contributed by atoms with Gasteiger partial charge in [0.2, 0.25) is 12.0 Å². The smallest absolute Gasteiger partial charge is 0.317 e. The number of aliphatic hydroxyl groups excluding tert-OH is 5. The Labute approximate surface area is 348 Å². The maximum atomic E-state index is 12.3. The molecule has 3 aromatic rings. The first-order chi connectivity index (χ1) is 29.4. The fourth-order valence-electron chi connectivity index (χ4n) is 8.38. The third-order valence-electron chi connectivity index (χ3n) is 11.0. The van der Waals surface area contributed by atoms with E-state index >= 15 is 0 Å². The second-order valence-electron chi connectivity index (χ2n) is 15.1. The number of hydrogen-bond donors (Lipinski definition) is 8. The molecule has 10 N–H and O–H groups in total. The van der Waals surface area contributed by atoms with Gasteiger partial charge in [-0.3, -0.25) is 14.6 Å². The van der Waals surface area contributed by atoms with Crippen LogP contribution in [0.3, 0.4) is 0 Å². The van der Waals surface area contributed by atoms with Crippen LogP contribution >= 0.6 is 0 Å². The van der Waals surface area contributed by atoms with E-state index in [1.165, 1.54) is 0 Å². The van der Waals surface area contributed by atoms with E-state index in [9.17, 15) is 35.1 Å². The molecule has 0 spiro atoms. The van der Waals surface area contributed by atoms with Gasteiger partial charge in [0, 0.05) is 54.7 Å². The summed E-state index contributed by atoms with van der Waals surface area (Å²) in [5, 5.41) is 61.6. The molecule has 1 fully saturated rings. The van der Waals surface area contributed by atoms with Crippen LogP contribution in [-0.2, 0) is 32.0 Å². The van der Waals surface area contributed by atoms with Crippen LogP contribution in [0.25, 0.3) is 0 Å². The zero-order valence-electron chi connectivity index (χ0n) is 32.6. The second kappa shape index (κ2) is 17.7. The van der Waals surface area contributed by atoms with Gasteiger partial charge in [0.15, 0.2) is 24.4 Å². The standard InChI is InChI=1S/C42H46N4O15/c43-41(44)40(59-30(51)15-29(49)50)39-34(53)33(52)35(54)42(61-39)57-23-13-22(17-46-16-21-8-9-45-25(21)18-46)31-28(14-23)58-27(12-20-4-2-1-3-5-20)32-24-6-7-26(56-19-48)37(55-11-10-47)36(24)60-38(31)32/h1-9,13-14,18,27,32-35,38-42,47-48,52-54H,10-12,15-17,19,43-44H2,(H,49,50)/t27-,32+,33-,34-,35+,38-,39-,40+,42+/m0/s1. The van der Waals surface area contributed by atoms with Gasteiger partial charge in [-0.05, 0) is 29.3 Å². The van der Waals surface area contributed by atoms with Crippen LogP contribution in [0.4, 0.5) is 0 Å². The molecule has 1 saturated heterocycles. The number of hydrogen-bond acceptors (Lipinski definition) is 18. The van der Waals surface area contributed by atoms with E-state index in [0.29, 0.717) is 42.1 Å². The van der Waals surface area contributed by atoms with Crippen molar-refractivity contribution in [3.63, 3.8) is 0 Å². The molecule has 8 rings (SSSR count). The summed E-state index contributed by atoms with van der Waals surface area (Å²) in [4.78, 5) is 30.0. The van der Waals surface area contributed by atoms with Crippen LogP contribution < -0.4 is 35.2 Å². The van der Waals surface area contributed by atoms with Gasteiger partial charge in [0.25, 0.3) is 0 Å². The molecule has 0 radical (unpaired) electrons. The van der Waals surface area contributed by atoms with E-state index in [2.05, 4.69) is 4.99 Å². The molecule has 0 saturated carbocycles. The zero-order valence-corrected chi connectivity index (χ0v) is 32.6. The van der Waals surface area contributed by atoms with Crippen molar-refractivity contribution >= 4 is 18.2 Å². The predicted octanol–water partition coefficient (Wildman–Crippen LogP) is 0.0915. The quantitative estimate of drug-likeness (QED) is 0.0539. The SMILES string of the molecule is NC(N)[C@H](OC(=O)CC(=O)O)[C@H]1O[C@@H](Oc2cc(CN3C=C4N=CC=C4C3)c3c(c2)O[C@@H](Cc2ccccc2)[C@H]2c4ccc(OCO)c(OCCO)c4O[C@@H]32)[C@H](O)[C@@H](O)[C@@H]1O. The highest BCUT2D eigenvalue weighted by Crippen LogP contribution is 2.59. The molecular weight excluding hydrogens is 800 g/mol. The van der Waals surface area contributed by atoms with Crippen LogP contribution in [-0.4, -0.2) is 129 Å². The number of nitrogens with zero attached hydrogens (tertiary/aromatic N) is 2. The Morgan fingerprint density at radius 1 is 0.984 bits per heavy atom. The number of ether oxygens (including phenoxy) is 7. The Hall–Kier alpha value is -5.77. The number of aliphatic hydroxyl groups is 5. The first-order valence-corrected chi connectivity index (χ1v) is 19.6. The zero-order chi connectivity index (χ0) is 42.9. The molecule has 0 aromatic heterocycles. The summed E-state index contributed by atoms with van der Waals surface area (Å²) in [6.07, 6.45) is -8.42. The number of carboxylic acids is 1. The fraction of sp³-hybridized carbons (Fsp3) is 0.405. The number of rotatable bonds is 16. The summed E-state index contributed by atoms with van der Waals surface area (Å²) in [5.41, 5.74) is 16.7. The van der Waals surface area contributed by atoms with E-state index in [0.717, 1.165) is 22.4 Å². The maximum Gasteiger partial charge on any atom is 0.317 e. The minimum Gasteiger partial charge on any atom is -0.489 e. The van der Waals surface area contributed by atoms with Crippen molar-refractivity contribution in [2.45, 2.75) is 80.5 Å². The average Bonchev–Trinajstić information content (AvgIpc) is 3.94. The Balaban J connectivity index is 1.19. The molecule has 5 aliphatic rings. The van der Waals surface area contributed by atoms with Crippen LogP contribution in [0, 0.1) is 0 Å². The number of carbonyl (C=O) groups excluding carboxylic acids is 1. The molecule has 61 heavy (non-hydrogen) atoms. The average molecular weight is 847 g/mol. The van der Waals surface area contributed by atoms with Crippen molar-refractivity contribution in [2.75, 3.05) is 26.6 Å². The number of allylic oxidation sites excluding steroid dienone is 1. The minimum absolute atomic E-state index is 0.0736. The van der Waals surface area contributed by atoms with Gasteiger partial charge >= 0.3 is 11.9 Å². The lowest BCUT2D eigenvalue weighted by atomic mass is 9.80. The van der Waals surface area contributed by atoms with Gasteiger partial charge in [0.1, 0.15) is 61.2 Å². The van der Waals surface area contributed by atoms with Crippen molar-refractivity contribution in [1.82, 2.24) is 4.90 Å². The Bertz CT molecular complexity index is 2220. The van der Waals surface area contributed by atoms with E-state index in [-0.39, 0.29) is 30.5 Å². The largest absolute Gasteiger partial charge is 0.489 e. The van der Waals surface area contributed by atoms with Crippen molar-refractivity contribution in [3.05, 3.63) is 100 Å². The number of aliphatic carboxylic acids is 1. The fourth-order valence-corrected chi connectivity index (χ4v) is 8.38. The lowest BCUT2D eigenvalue weighted by Crippen LogP contribution is -2.66. The molecule has 0 aliphatic carbocycles. The number of benzene rings is 3. The Kier molecular flexibility index (Phi) is 12.2. The molecule has 19 nitrogen and oxygen atoms in total. The van der Waals surface area contributed by atoms with Crippen LogP contribution in [0.2, 0.25) is 0 Å². The van der Waals surface area contributed by atoms with Gasteiger partial charge in [-0.25, -0.2) is 0 Å². The molecule has 9 atom stereocenters. The number of nitrogens with two attached hydrogens (primary N) is 2. The van der Waals surface area contributed by atoms with Crippen molar-refractivity contribution in [3.8, 4) is 28.7 Å². The molecule has 0 amide bonds. The number of aliphatic imine (C=N–C) groups is 1.